The predicted octanol–water partition coefficient (Wildman–Crippen LogP) is 0.705. The largest absolute Gasteiger partial charge is 0.493 e. The van der Waals surface area contributed by atoms with E-state index in [1.807, 2.05) is 0 Å². The van der Waals surface area contributed by atoms with Crippen molar-refractivity contribution in [3.8, 4) is 11.5 Å². The second kappa shape index (κ2) is 5.96. The molecule has 1 aliphatic heterocycles. The van der Waals surface area contributed by atoms with E-state index in [-0.39, 0.29) is 28.7 Å². The minimum atomic E-state index is -0.677. The van der Waals surface area contributed by atoms with Crippen LogP contribution in [0, 0.1) is 10.1 Å². The van der Waals surface area contributed by atoms with Gasteiger partial charge in [-0.2, -0.15) is 0 Å². The smallest absolute Gasteiger partial charge is 0.278 e. The number of ether oxygens (including phenoxy) is 2. The predicted molar refractivity (Wildman–Crippen MR) is 72.2 cm³/mol. The number of hydrogen-bond acceptors (Lipinski definition) is 6. The highest BCUT2D eigenvalue weighted by Crippen LogP contribution is 2.36. The van der Waals surface area contributed by atoms with Gasteiger partial charge in [-0.3, -0.25) is 14.9 Å². The lowest BCUT2D eigenvalue weighted by Gasteiger charge is -2.16. The first-order valence-corrected chi connectivity index (χ1v) is 6.35. The third-order valence-corrected chi connectivity index (χ3v) is 3.38. The maximum atomic E-state index is 11.8. The number of carbonyl (C=O) groups excluding carboxylic acids is 1. The molecule has 1 aromatic rings. The van der Waals surface area contributed by atoms with E-state index in [0.29, 0.717) is 13.0 Å². The number of nitro groups is 1. The molecule has 1 saturated heterocycles. The molecule has 0 aromatic heterocycles. The monoisotopic (exact) mass is 296 g/mol. The Labute approximate surface area is 121 Å². The standard InChI is InChI=1S/C13H16N2O6/c1-14-4-3-10(13(14)17)21-12-6-9(15(18)19)8(7-16)5-11(12)20-2/h5-6,10,16H,3-4,7H2,1-2H3. The van der Waals surface area contributed by atoms with E-state index in [0.717, 1.165) is 0 Å². The number of nitro benzene ring substituents is 1. The van der Waals surface area contributed by atoms with Crippen molar-refractivity contribution in [3.05, 3.63) is 27.8 Å². The molecular formula is C13H16N2O6. The molecular weight excluding hydrogens is 280 g/mol. The number of likely N-dealkylation sites (tertiary alicyclic amines) is 1. The summed E-state index contributed by atoms with van der Waals surface area (Å²) in [5.41, 5.74) is -0.147. The summed E-state index contributed by atoms with van der Waals surface area (Å²) in [6.45, 7) is 0.0840. The lowest BCUT2D eigenvalue weighted by atomic mass is 10.1. The third-order valence-electron chi connectivity index (χ3n) is 3.38. The lowest BCUT2D eigenvalue weighted by Crippen LogP contribution is -2.29. The van der Waals surface area contributed by atoms with E-state index in [1.54, 1.807) is 7.05 Å². The highest BCUT2D eigenvalue weighted by atomic mass is 16.6. The van der Waals surface area contributed by atoms with Gasteiger partial charge in [0.15, 0.2) is 17.6 Å². The zero-order valence-electron chi connectivity index (χ0n) is 11.7. The second-order valence-corrected chi connectivity index (χ2v) is 4.70. The highest BCUT2D eigenvalue weighted by molar-refractivity contribution is 5.83. The highest BCUT2D eigenvalue weighted by Gasteiger charge is 2.32. The molecule has 8 nitrogen and oxygen atoms in total. The van der Waals surface area contributed by atoms with Crippen LogP contribution in [-0.2, 0) is 11.4 Å². The molecule has 1 heterocycles. The Morgan fingerprint density at radius 1 is 1.48 bits per heavy atom. The number of aliphatic hydroxyl groups excluding tert-OH is 1. The number of nitrogens with zero attached hydrogens (tertiary/aromatic N) is 2. The molecule has 0 saturated carbocycles. The Balaban J connectivity index is 2.35. The van der Waals surface area contributed by atoms with Crippen LogP contribution in [0.25, 0.3) is 0 Å². The third kappa shape index (κ3) is 2.89. The van der Waals surface area contributed by atoms with Gasteiger partial charge in [0.25, 0.3) is 11.6 Å². The number of likely N-dealkylation sites (N-methyl/N-ethyl adjacent to an activating group) is 1. The number of methoxy groups -OCH3 is 1. The average molecular weight is 296 g/mol. The van der Waals surface area contributed by atoms with Crippen LogP contribution in [-0.4, -0.2) is 47.6 Å². The van der Waals surface area contributed by atoms with Gasteiger partial charge in [0, 0.05) is 20.0 Å². The molecule has 0 radical (unpaired) electrons. The van der Waals surface area contributed by atoms with Gasteiger partial charge in [-0.1, -0.05) is 0 Å². The quantitative estimate of drug-likeness (QED) is 0.634. The van der Waals surface area contributed by atoms with Crippen LogP contribution >= 0.6 is 0 Å². The normalized spacial score (nSPS) is 18.0. The van der Waals surface area contributed by atoms with Gasteiger partial charge >= 0.3 is 0 Å². The summed E-state index contributed by atoms with van der Waals surface area (Å²) in [5, 5.41) is 20.2. The van der Waals surface area contributed by atoms with Crippen molar-refractivity contribution < 1.29 is 24.3 Å². The summed E-state index contributed by atoms with van der Waals surface area (Å²) < 4.78 is 10.7. The molecule has 1 N–H and O–H groups in total. The van der Waals surface area contributed by atoms with E-state index >= 15 is 0 Å². The first kappa shape index (κ1) is 15.0. The number of hydrogen-bond donors (Lipinski definition) is 1. The fraction of sp³-hybridized carbons (Fsp3) is 0.462. The summed E-state index contributed by atoms with van der Waals surface area (Å²) in [7, 11) is 3.05. The molecule has 0 aliphatic carbocycles. The zero-order chi connectivity index (χ0) is 15.6. The van der Waals surface area contributed by atoms with E-state index in [4.69, 9.17) is 9.47 Å². The first-order chi connectivity index (χ1) is 9.97. The van der Waals surface area contributed by atoms with Crippen LogP contribution in [0.5, 0.6) is 11.5 Å². The van der Waals surface area contributed by atoms with Gasteiger partial charge in [0.05, 0.1) is 30.3 Å². The summed E-state index contributed by atoms with van der Waals surface area (Å²) in [4.78, 5) is 23.8. The molecule has 21 heavy (non-hydrogen) atoms. The maximum Gasteiger partial charge on any atom is 0.278 e. The SMILES string of the molecule is COc1cc(CO)c([N+](=O)[O-])cc1OC1CCN(C)C1=O. The summed E-state index contributed by atoms with van der Waals surface area (Å²) in [5.74, 6) is 0.188. The van der Waals surface area contributed by atoms with Crippen molar-refractivity contribution in [2.24, 2.45) is 0 Å². The van der Waals surface area contributed by atoms with Crippen LogP contribution in [0.2, 0.25) is 0 Å². The van der Waals surface area contributed by atoms with Crippen molar-refractivity contribution in [2.45, 2.75) is 19.1 Å². The fourth-order valence-corrected chi connectivity index (χ4v) is 2.19. The Kier molecular flexibility index (Phi) is 4.27. The van der Waals surface area contributed by atoms with Gasteiger partial charge in [0.1, 0.15) is 0 Å². The molecule has 1 aromatic carbocycles. The van der Waals surface area contributed by atoms with Gasteiger partial charge in [0.2, 0.25) is 0 Å². The topological polar surface area (TPSA) is 102 Å². The van der Waals surface area contributed by atoms with Crippen LogP contribution < -0.4 is 9.47 Å². The fourth-order valence-electron chi connectivity index (χ4n) is 2.19. The molecule has 2 rings (SSSR count). The summed E-state index contributed by atoms with van der Waals surface area (Å²) in [6.07, 6.45) is -0.169. The Hall–Kier alpha value is -2.35. The van der Waals surface area contributed by atoms with Crippen LogP contribution in [0.3, 0.4) is 0 Å². The van der Waals surface area contributed by atoms with E-state index < -0.39 is 17.6 Å². The summed E-state index contributed by atoms with van der Waals surface area (Å²) in [6, 6.07) is 2.52. The molecule has 1 fully saturated rings. The lowest BCUT2D eigenvalue weighted by molar-refractivity contribution is -0.386. The number of amides is 1. The molecule has 0 spiro atoms. The van der Waals surface area contributed by atoms with Crippen molar-refractivity contribution in [2.75, 3.05) is 20.7 Å². The molecule has 1 atom stereocenters. The summed E-state index contributed by atoms with van der Waals surface area (Å²) >= 11 is 0. The number of rotatable bonds is 5. The molecule has 1 unspecified atom stereocenters. The van der Waals surface area contributed by atoms with Crippen LogP contribution in [0.1, 0.15) is 12.0 Å². The van der Waals surface area contributed by atoms with Crippen molar-refractivity contribution in [3.63, 3.8) is 0 Å². The van der Waals surface area contributed by atoms with Crippen LogP contribution in [0.15, 0.2) is 12.1 Å². The van der Waals surface area contributed by atoms with E-state index in [9.17, 15) is 20.0 Å². The molecule has 114 valence electrons. The Bertz CT molecular complexity index is 574. The van der Waals surface area contributed by atoms with Gasteiger partial charge < -0.3 is 19.5 Å². The first-order valence-electron chi connectivity index (χ1n) is 6.35. The van der Waals surface area contributed by atoms with Crippen molar-refractivity contribution in [1.29, 1.82) is 0 Å². The van der Waals surface area contributed by atoms with E-state index in [2.05, 4.69) is 0 Å². The second-order valence-electron chi connectivity index (χ2n) is 4.70. The molecule has 1 amide bonds. The maximum absolute atomic E-state index is 11.8. The number of carbonyl (C=O) groups is 1. The average Bonchev–Trinajstić information content (AvgIpc) is 2.78. The minimum absolute atomic E-state index is 0.120. The van der Waals surface area contributed by atoms with E-state index in [1.165, 1.54) is 24.1 Å². The molecule has 0 bridgehead atoms. The van der Waals surface area contributed by atoms with Crippen molar-refractivity contribution >= 4 is 11.6 Å². The van der Waals surface area contributed by atoms with Gasteiger partial charge in [-0.05, 0) is 6.07 Å². The number of benzene rings is 1. The van der Waals surface area contributed by atoms with Crippen LogP contribution in [0.4, 0.5) is 5.69 Å². The Morgan fingerprint density at radius 3 is 2.67 bits per heavy atom. The van der Waals surface area contributed by atoms with Gasteiger partial charge in [-0.15, -0.1) is 0 Å². The van der Waals surface area contributed by atoms with Gasteiger partial charge in [-0.25, -0.2) is 0 Å². The molecule has 1 aliphatic rings. The minimum Gasteiger partial charge on any atom is -0.493 e. The Morgan fingerprint density at radius 2 is 2.19 bits per heavy atom. The van der Waals surface area contributed by atoms with Crippen molar-refractivity contribution in [1.82, 2.24) is 4.90 Å². The molecule has 8 heteroatoms. The number of aliphatic hydroxyl groups is 1. The zero-order valence-corrected chi connectivity index (χ0v) is 11.7.